The van der Waals surface area contributed by atoms with E-state index in [1.54, 1.807) is 32.0 Å². The average Bonchev–Trinajstić information content (AvgIpc) is 3.12. The molecule has 1 aromatic carbocycles. The lowest BCUT2D eigenvalue weighted by atomic mass is 10.0. The molecule has 0 unspecified atom stereocenters. The number of sulfonamides is 2. The molecule has 1 atom stereocenters. The van der Waals surface area contributed by atoms with Crippen molar-refractivity contribution in [3.05, 3.63) is 29.3 Å². The van der Waals surface area contributed by atoms with E-state index in [9.17, 15) is 16.8 Å². The summed E-state index contributed by atoms with van der Waals surface area (Å²) in [5.41, 5.74) is 1.75. The highest BCUT2D eigenvalue weighted by Crippen LogP contribution is 2.25. The van der Waals surface area contributed by atoms with Crippen LogP contribution >= 0.6 is 0 Å². The van der Waals surface area contributed by atoms with Gasteiger partial charge in [-0.2, -0.15) is 4.31 Å². The monoisotopic (exact) mass is 402 g/mol. The van der Waals surface area contributed by atoms with Gasteiger partial charge in [-0.25, -0.2) is 21.6 Å². The summed E-state index contributed by atoms with van der Waals surface area (Å²) in [6.07, 6.45) is 2.32. The molecule has 2 aliphatic rings. The van der Waals surface area contributed by atoms with Crippen LogP contribution in [0.4, 0.5) is 0 Å². The van der Waals surface area contributed by atoms with Gasteiger partial charge in [0.15, 0.2) is 0 Å². The van der Waals surface area contributed by atoms with Crippen LogP contribution in [0.15, 0.2) is 23.1 Å². The largest absolute Gasteiger partial charge is 0.377 e. The first-order valence-corrected chi connectivity index (χ1v) is 11.9. The molecule has 0 amide bonds. The molecule has 1 fully saturated rings. The summed E-state index contributed by atoms with van der Waals surface area (Å²) in [7, 11) is -7.01. The molecule has 9 heteroatoms. The molecule has 0 bridgehead atoms. The molecule has 0 aromatic heterocycles. The summed E-state index contributed by atoms with van der Waals surface area (Å²) in [6, 6.07) is 4.97. The number of nitrogens with one attached hydrogen (secondary N) is 1. The van der Waals surface area contributed by atoms with Gasteiger partial charge in [0, 0.05) is 26.2 Å². The number of ether oxygens (including phenoxy) is 1. The third kappa shape index (κ3) is 4.12. The van der Waals surface area contributed by atoms with E-state index in [-0.39, 0.29) is 24.1 Å². The first-order chi connectivity index (χ1) is 12.2. The molecular formula is C17H26N2O5S2. The Morgan fingerprint density at radius 2 is 2.00 bits per heavy atom. The molecule has 1 N–H and O–H groups in total. The normalized spacial score (nSPS) is 21.9. The molecule has 0 radical (unpaired) electrons. The van der Waals surface area contributed by atoms with E-state index in [0.29, 0.717) is 19.6 Å². The summed E-state index contributed by atoms with van der Waals surface area (Å²) in [5, 5.41) is -0.496. The van der Waals surface area contributed by atoms with E-state index in [4.69, 9.17) is 4.74 Å². The summed E-state index contributed by atoms with van der Waals surface area (Å²) in [5.74, 6) is 0. The Morgan fingerprint density at radius 1 is 1.23 bits per heavy atom. The van der Waals surface area contributed by atoms with Crippen LogP contribution in [0, 0.1) is 0 Å². The van der Waals surface area contributed by atoms with E-state index in [1.165, 1.54) is 4.31 Å². The lowest BCUT2D eigenvalue weighted by Gasteiger charge is -2.29. The topological polar surface area (TPSA) is 92.8 Å². The number of hydrogen-bond donors (Lipinski definition) is 1. The SMILES string of the molecule is CC(C)S(=O)(=O)N1CCc2ccc(S(=O)(=O)NC[C@@H]3CCCO3)cc2C1. The van der Waals surface area contributed by atoms with Gasteiger partial charge in [0.1, 0.15) is 0 Å². The van der Waals surface area contributed by atoms with Gasteiger partial charge in [-0.15, -0.1) is 0 Å². The molecule has 2 aliphatic heterocycles. The Labute approximate surface area is 155 Å². The van der Waals surface area contributed by atoms with Crippen molar-refractivity contribution in [2.45, 2.75) is 55.9 Å². The first kappa shape index (κ1) is 19.8. The van der Waals surface area contributed by atoms with Crippen LogP contribution in [-0.4, -0.2) is 52.2 Å². The van der Waals surface area contributed by atoms with Crippen molar-refractivity contribution in [3.8, 4) is 0 Å². The third-order valence-corrected chi connectivity index (χ3v) is 8.59. The Morgan fingerprint density at radius 3 is 2.65 bits per heavy atom. The van der Waals surface area contributed by atoms with Crippen molar-refractivity contribution in [1.82, 2.24) is 9.03 Å². The van der Waals surface area contributed by atoms with Crippen LogP contribution in [-0.2, 0) is 37.7 Å². The van der Waals surface area contributed by atoms with Crippen LogP contribution in [0.2, 0.25) is 0 Å². The highest BCUT2D eigenvalue weighted by Gasteiger charge is 2.30. The van der Waals surface area contributed by atoms with Crippen LogP contribution in [0.3, 0.4) is 0 Å². The summed E-state index contributed by atoms with van der Waals surface area (Å²) < 4.78 is 59.4. The van der Waals surface area contributed by atoms with Gasteiger partial charge in [0.2, 0.25) is 20.0 Å². The van der Waals surface area contributed by atoms with Gasteiger partial charge < -0.3 is 4.74 Å². The van der Waals surface area contributed by atoms with Crippen molar-refractivity contribution in [2.75, 3.05) is 19.7 Å². The molecule has 2 heterocycles. The van der Waals surface area contributed by atoms with Crippen molar-refractivity contribution < 1.29 is 21.6 Å². The Bertz CT molecular complexity index is 859. The zero-order valence-electron chi connectivity index (χ0n) is 15.1. The zero-order chi connectivity index (χ0) is 18.9. The third-order valence-electron chi connectivity index (χ3n) is 4.95. The summed E-state index contributed by atoms with van der Waals surface area (Å²) in [4.78, 5) is 0.165. The second-order valence-corrected chi connectivity index (χ2v) is 11.4. The predicted molar refractivity (Wildman–Crippen MR) is 98.8 cm³/mol. The molecule has 7 nitrogen and oxygen atoms in total. The van der Waals surface area contributed by atoms with E-state index < -0.39 is 25.3 Å². The molecule has 1 aromatic rings. The zero-order valence-corrected chi connectivity index (χ0v) is 16.8. The van der Waals surface area contributed by atoms with Gasteiger partial charge in [-0.3, -0.25) is 0 Å². The summed E-state index contributed by atoms with van der Waals surface area (Å²) >= 11 is 0. The maximum Gasteiger partial charge on any atom is 0.240 e. The minimum Gasteiger partial charge on any atom is -0.377 e. The number of rotatable bonds is 6. The average molecular weight is 403 g/mol. The molecule has 0 aliphatic carbocycles. The number of nitrogens with zero attached hydrogens (tertiary/aromatic N) is 1. The minimum absolute atomic E-state index is 0.0749. The second-order valence-electron chi connectivity index (χ2n) is 7.09. The smallest absolute Gasteiger partial charge is 0.240 e. The summed E-state index contributed by atoms with van der Waals surface area (Å²) in [6.45, 7) is 4.88. The number of benzene rings is 1. The lowest BCUT2D eigenvalue weighted by Crippen LogP contribution is -2.40. The Balaban J connectivity index is 1.77. The molecule has 0 saturated carbocycles. The molecule has 0 spiro atoms. The fraction of sp³-hybridized carbons (Fsp3) is 0.647. The molecular weight excluding hydrogens is 376 g/mol. The standard InChI is InChI=1S/C17H26N2O5S2/c1-13(2)26(22,23)19-8-7-14-5-6-17(10-15(14)12-19)25(20,21)18-11-16-4-3-9-24-16/h5-6,10,13,16,18H,3-4,7-9,11-12H2,1-2H3/t16-/m0/s1. The first-order valence-electron chi connectivity index (χ1n) is 8.92. The Hall–Kier alpha value is -1.00. The fourth-order valence-electron chi connectivity index (χ4n) is 3.28. The van der Waals surface area contributed by atoms with Crippen molar-refractivity contribution in [1.29, 1.82) is 0 Å². The van der Waals surface area contributed by atoms with Gasteiger partial charge in [0.25, 0.3) is 0 Å². The van der Waals surface area contributed by atoms with Crippen LogP contribution in [0.1, 0.15) is 37.8 Å². The fourth-order valence-corrected chi connectivity index (χ4v) is 5.66. The molecule has 3 rings (SSSR count). The van der Waals surface area contributed by atoms with E-state index >= 15 is 0 Å². The van der Waals surface area contributed by atoms with E-state index in [1.807, 2.05) is 0 Å². The van der Waals surface area contributed by atoms with E-state index in [2.05, 4.69) is 4.72 Å². The Kier molecular flexibility index (Phi) is 5.74. The predicted octanol–water partition coefficient (Wildman–Crippen LogP) is 1.24. The minimum atomic E-state index is -3.65. The maximum atomic E-state index is 12.6. The highest BCUT2D eigenvalue weighted by atomic mass is 32.2. The van der Waals surface area contributed by atoms with Crippen molar-refractivity contribution in [3.63, 3.8) is 0 Å². The lowest BCUT2D eigenvalue weighted by molar-refractivity contribution is 0.114. The number of hydrogen-bond acceptors (Lipinski definition) is 5. The maximum absolute atomic E-state index is 12.6. The van der Waals surface area contributed by atoms with Gasteiger partial charge in [0.05, 0.1) is 16.2 Å². The van der Waals surface area contributed by atoms with Crippen molar-refractivity contribution in [2.24, 2.45) is 0 Å². The van der Waals surface area contributed by atoms with Gasteiger partial charge >= 0.3 is 0 Å². The van der Waals surface area contributed by atoms with E-state index in [0.717, 1.165) is 24.0 Å². The van der Waals surface area contributed by atoms with Crippen LogP contribution in [0.25, 0.3) is 0 Å². The quantitative estimate of drug-likeness (QED) is 0.773. The van der Waals surface area contributed by atoms with Crippen LogP contribution in [0.5, 0.6) is 0 Å². The van der Waals surface area contributed by atoms with Gasteiger partial charge in [-0.1, -0.05) is 6.07 Å². The highest BCUT2D eigenvalue weighted by molar-refractivity contribution is 7.89. The van der Waals surface area contributed by atoms with Crippen LogP contribution < -0.4 is 4.72 Å². The number of fused-ring (bicyclic) bond motifs is 1. The molecule has 146 valence electrons. The van der Waals surface area contributed by atoms with Crippen molar-refractivity contribution >= 4 is 20.0 Å². The van der Waals surface area contributed by atoms with Gasteiger partial charge in [-0.05, 0) is 56.4 Å². The second kappa shape index (κ2) is 7.55. The molecule has 1 saturated heterocycles. The molecule has 26 heavy (non-hydrogen) atoms.